The van der Waals surface area contributed by atoms with Gasteiger partial charge in [-0.25, -0.2) is 8.42 Å². The molecule has 3 rings (SSSR count). The first-order valence-electron chi connectivity index (χ1n) is 8.69. The van der Waals surface area contributed by atoms with Crippen molar-refractivity contribution in [2.75, 3.05) is 13.1 Å². The molecule has 134 valence electrons. The number of aryl methyl sites for hydroxylation is 2. The summed E-state index contributed by atoms with van der Waals surface area (Å²) in [5.41, 5.74) is 3.42. The number of benzene rings is 2. The highest BCUT2D eigenvalue weighted by molar-refractivity contribution is 9.10. The van der Waals surface area contributed by atoms with Crippen molar-refractivity contribution >= 4 is 26.0 Å². The molecule has 5 heteroatoms. The first kappa shape index (κ1) is 18.6. The second kappa shape index (κ2) is 7.60. The maximum Gasteiger partial charge on any atom is 0.244 e. The van der Waals surface area contributed by atoms with E-state index in [2.05, 4.69) is 40.2 Å². The number of hydrogen-bond donors (Lipinski definition) is 0. The number of piperidine rings is 1. The molecule has 1 saturated heterocycles. The summed E-state index contributed by atoms with van der Waals surface area (Å²) >= 11 is 3.43. The van der Waals surface area contributed by atoms with Gasteiger partial charge >= 0.3 is 0 Å². The summed E-state index contributed by atoms with van der Waals surface area (Å²) in [7, 11) is -3.44. The zero-order valence-electron chi connectivity index (χ0n) is 14.7. The van der Waals surface area contributed by atoms with Gasteiger partial charge in [-0.15, -0.1) is 0 Å². The molecule has 0 bridgehead atoms. The van der Waals surface area contributed by atoms with Crippen LogP contribution in [0.3, 0.4) is 0 Å². The fourth-order valence-corrected chi connectivity index (χ4v) is 6.06. The van der Waals surface area contributed by atoms with Crippen molar-refractivity contribution in [2.24, 2.45) is 5.92 Å². The average Bonchev–Trinajstić information content (AvgIpc) is 2.59. The third-order valence-electron chi connectivity index (χ3n) is 5.11. The minimum atomic E-state index is -3.44. The molecule has 1 heterocycles. The Kier molecular flexibility index (Phi) is 5.66. The van der Waals surface area contributed by atoms with E-state index in [4.69, 9.17) is 0 Å². The zero-order valence-corrected chi connectivity index (χ0v) is 17.1. The number of hydrogen-bond acceptors (Lipinski definition) is 2. The van der Waals surface area contributed by atoms with Crippen LogP contribution in [0.25, 0.3) is 0 Å². The second-order valence-electron chi connectivity index (χ2n) is 6.90. The molecule has 0 unspecified atom stereocenters. The summed E-state index contributed by atoms with van der Waals surface area (Å²) in [6.07, 6.45) is 2.86. The number of nitrogens with zero attached hydrogens (tertiary/aromatic N) is 1. The van der Waals surface area contributed by atoms with E-state index in [9.17, 15) is 8.42 Å². The van der Waals surface area contributed by atoms with Crippen LogP contribution in [-0.4, -0.2) is 25.8 Å². The average molecular weight is 422 g/mol. The molecule has 1 aliphatic rings. The molecule has 0 atom stereocenters. The van der Waals surface area contributed by atoms with Crippen molar-refractivity contribution in [3.05, 3.63) is 63.6 Å². The van der Waals surface area contributed by atoms with Crippen molar-refractivity contribution in [2.45, 2.75) is 38.0 Å². The molecule has 0 aromatic heterocycles. The maximum absolute atomic E-state index is 13.0. The van der Waals surface area contributed by atoms with Crippen LogP contribution in [0.5, 0.6) is 0 Å². The molecular weight excluding hydrogens is 398 g/mol. The molecule has 25 heavy (non-hydrogen) atoms. The molecule has 0 saturated carbocycles. The van der Waals surface area contributed by atoms with Gasteiger partial charge in [-0.3, -0.25) is 0 Å². The lowest BCUT2D eigenvalue weighted by Crippen LogP contribution is -2.39. The van der Waals surface area contributed by atoms with E-state index in [1.54, 1.807) is 10.4 Å². The highest BCUT2D eigenvalue weighted by atomic mass is 79.9. The standard InChI is InChI=1S/C20H24BrNO2S/c1-15-12-19(21)20(13-16(15)2)25(23,24)22-10-8-18(9-11-22)14-17-6-4-3-5-7-17/h3-7,12-13,18H,8-11,14H2,1-2H3. The Morgan fingerprint density at radius 3 is 2.28 bits per heavy atom. The smallest absolute Gasteiger partial charge is 0.207 e. The first-order valence-corrected chi connectivity index (χ1v) is 10.9. The molecule has 2 aromatic rings. The normalized spacial score (nSPS) is 16.9. The highest BCUT2D eigenvalue weighted by Gasteiger charge is 2.31. The van der Waals surface area contributed by atoms with Gasteiger partial charge in [0.1, 0.15) is 0 Å². The Morgan fingerprint density at radius 1 is 1.04 bits per heavy atom. The maximum atomic E-state index is 13.0. The molecule has 0 N–H and O–H groups in total. The fourth-order valence-electron chi connectivity index (χ4n) is 3.39. The van der Waals surface area contributed by atoms with Crippen molar-refractivity contribution in [3.63, 3.8) is 0 Å². The third-order valence-corrected chi connectivity index (χ3v) is 7.96. The largest absolute Gasteiger partial charge is 0.244 e. The number of rotatable bonds is 4. The van der Waals surface area contributed by atoms with E-state index >= 15 is 0 Å². The SMILES string of the molecule is Cc1cc(Br)c(S(=O)(=O)N2CCC(Cc3ccccc3)CC2)cc1C. The van der Waals surface area contributed by atoms with Crippen molar-refractivity contribution < 1.29 is 8.42 Å². The summed E-state index contributed by atoms with van der Waals surface area (Å²) in [5.74, 6) is 0.553. The predicted octanol–water partition coefficient (Wildman–Crippen LogP) is 4.71. The van der Waals surface area contributed by atoms with Crippen LogP contribution in [0.2, 0.25) is 0 Å². The van der Waals surface area contributed by atoms with Crippen molar-refractivity contribution in [1.29, 1.82) is 0 Å². The molecule has 1 aliphatic heterocycles. The van der Waals surface area contributed by atoms with Crippen LogP contribution >= 0.6 is 15.9 Å². The second-order valence-corrected chi connectivity index (χ2v) is 9.66. The van der Waals surface area contributed by atoms with Gasteiger partial charge in [0, 0.05) is 17.6 Å². The van der Waals surface area contributed by atoms with Gasteiger partial charge in [0.2, 0.25) is 10.0 Å². The number of sulfonamides is 1. The van der Waals surface area contributed by atoms with E-state index in [-0.39, 0.29) is 0 Å². The van der Waals surface area contributed by atoms with Crippen LogP contribution in [0.1, 0.15) is 29.5 Å². The summed E-state index contributed by atoms with van der Waals surface area (Å²) in [4.78, 5) is 0.386. The zero-order chi connectivity index (χ0) is 18.0. The third kappa shape index (κ3) is 4.15. The topological polar surface area (TPSA) is 37.4 Å². The van der Waals surface area contributed by atoms with Crippen LogP contribution in [0, 0.1) is 19.8 Å². The van der Waals surface area contributed by atoms with Gasteiger partial charge in [0.15, 0.2) is 0 Å². The van der Waals surface area contributed by atoms with Crippen LogP contribution in [-0.2, 0) is 16.4 Å². The van der Waals surface area contributed by atoms with Crippen LogP contribution in [0.4, 0.5) is 0 Å². The summed E-state index contributed by atoms with van der Waals surface area (Å²) < 4.78 is 28.4. The Bertz CT molecular complexity index is 841. The van der Waals surface area contributed by atoms with Gasteiger partial charge in [0.05, 0.1) is 4.90 Å². The van der Waals surface area contributed by atoms with Gasteiger partial charge < -0.3 is 0 Å². The first-order chi connectivity index (χ1) is 11.9. The quantitative estimate of drug-likeness (QED) is 0.716. The molecule has 2 aromatic carbocycles. The van der Waals surface area contributed by atoms with E-state index < -0.39 is 10.0 Å². The van der Waals surface area contributed by atoms with E-state index in [0.717, 1.165) is 30.4 Å². The van der Waals surface area contributed by atoms with Gasteiger partial charge in [-0.1, -0.05) is 30.3 Å². The molecule has 0 amide bonds. The van der Waals surface area contributed by atoms with Crippen LogP contribution in [0.15, 0.2) is 51.8 Å². The Morgan fingerprint density at radius 2 is 1.64 bits per heavy atom. The lowest BCUT2D eigenvalue weighted by atomic mass is 9.91. The van der Waals surface area contributed by atoms with E-state index in [0.29, 0.717) is 28.4 Å². The van der Waals surface area contributed by atoms with Gasteiger partial charge in [-0.05, 0) is 83.8 Å². The predicted molar refractivity (Wildman–Crippen MR) is 105 cm³/mol. The van der Waals surface area contributed by atoms with Crippen molar-refractivity contribution in [1.82, 2.24) is 4.31 Å². The Balaban J connectivity index is 1.71. The summed E-state index contributed by atoms with van der Waals surface area (Å²) in [6, 6.07) is 14.1. The highest BCUT2D eigenvalue weighted by Crippen LogP contribution is 2.31. The molecule has 0 radical (unpaired) electrons. The van der Waals surface area contributed by atoms with Gasteiger partial charge in [0.25, 0.3) is 0 Å². The van der Waals surface area contributed by atoms with Crippen molar-refractivity contribution in [3.8, 4) is 0 Å². The van der Waals surface area contributed by atoms with E-state index in [1.807, 2.05) is 26.0 Å². The minimum absolute atomic E-state index is 0.386. The van der Waals surface area contributed by atoms with E-state index in [1.165, 1.54) is 5.56 Å². The summed E-state index contributed by atoms with van der Waals surface area (Å²) in [5, 5.41) is 0. The number of halogens is 1. The summed E-state index contributed by atoms with van der Waals surface area (Å²) in [6.45, 7) is 5.14. The lowest BCUT2D eigenvalue weighted by molar-refractivity contribution is 0.272. The molecular formula is C20H24BrNO2S. The lowest BCUT2D eigenvalue weighted by Gasteiger charge is -2.31. The van der Waals surface area contributed by atoms with Crippen LogP contribution < -0.4 is 0 Å². The molecule has 0 aliphatic carbocycles. The van der Waals surface area contributed by atoms with Gasteiger partial charge in [-0.2, -0.15) is 4.31 Å². The molecule has 3 nitrogen and oxygen atoms in total. The monoisotopic (exact) mass is 421 g/mol. The minimum Gasteiger partial charge on any atom is -0.207 e. The molecule has 0 spiro atoms. The Hall–Kier alpha value is -1.17. The Labute approximate surface area is 159 Å². The fraction of sp³-hybridized carbons (Fsp3) is 0.400. The molecule has 1 fully saturated rings.